The summed E-state index contributed by atoms with van der Waals surface area (Å²) in [7, 11) is -1.04. The molecule has 6 rings (SSSR count). The minimum absolute atomic E-state index is 0.114. The first-order valence-electron chi connectivity index (χ1n) is 15.9. The molecular weight excluding hydrogens is 727 g/mol. The van der Waals surface area contributed by atoms with Crippen molar-refractivity contribution in [1.82, 2.24) is 14.1 Å². The monoisotopic (exact) mass is 762 g/mol. The van der Waals surface area contributed by atoms with Crippen LogP contribution in [0.4, 0.5) is 5.69 Å². The van der Waals surface area contributed by atoms with Crippen LogP contribution in [0.5, 0.6) is 0 Å². The topological polar surface area (TPSA) is 69.4 Å². The van der Waals surface area contributed by atoms with Crippen LogP contribution in [-0.2, 0) is 18.0 Å². The van der Waals surface area contributed by atoms with Gasteiger partial charge in [-0.25, -0.2) is 4.98 Å². The highest BCUT2D eigenvalue weighted by molar-refractivity contribution is 9.10. The summed E-state index contributed by atoms with van der Waals surface area (Å²) in [5, 5.41) is 3.30. The molecule has 2 aromatic heterocycles. The van der Waals surface area contributed by atoms with Crippen molar-refractivity contribution in [1.29, 1.82) is 0 Å². The number of rotatable bonds is 10. The summed E-state index contributed by atoms with van der Waals surface area (Å²) in [4.78, 5) is 33.6. The number of aromatic nitrogens is 3. The molecule has 0 saturated carbocycles. The van der Waals surface area contributed by atoms with Crippen molar-refractivity contribution in [3.8, 4) is 0 Å². The third kappa shape index (κ3) is 6.23. The molecular formula is C37H37BrCl2N4O3Si. The summed E-state index contributed by atoms with van der Waals surface area (Å²) in [5.41, 5.74) is 1.67. The number of carbonyl (C=O) groups excluding carboxylic acids is 1. The standard InChI is InChI=1S/C37H37BrCl2N4O3Si/c1-37(2,3)48(28-13-7-5-8-14-28,29-15-9-6-10-16-29)47-22-12-11-21-43-33-31(41-36(43)38)35(46)44(30-23-27(40)24-42(4)34(30)45)32(33)25-17-19-26(39)20-18-25/h5-10,13-20,23-24,32H,11-12,21-22H2,1-4H3. The van der Waals surface area contributed by atoms with Gasteiger partial charge in [-0.1, -0.05) is 117 Å². The van der Waals surface area contributed by atoms with Crippen molar-refractivity contribution >= 4 is 69.4 Å². The number of anilines is 1. The van der Waals surface area contributed by atoms with Gasteiger partial charge in [-0.15, -0.1) is 0 Å². The highest BCUT2D eigenvalue weighted by atomic mass is 79.9. The number of imidazole rings is 1. The van der Waals surface area contributed by atoms with Gasteiger partial charge in [0.25, 0.3) is 19.8 Å². The number of fused-ring (bicyclic) bond motifs is 1. The lowest BCUT2D eigenvalue weighted by Crippen LogP contribution is -2.66. The van der Waals surface area contributed by atoms with E-state index in [-0.39, 0.29) is 22.2 Å². The molecule has 0 aliphatic carbocycles. The Morgan fingerprint density at radius 3 is 2.06 bits per heavy atom. The van der Waals surface area contributed by atoms with Gasteiger partial charge in [-0.05, 0) is 67.9 Å². The van der Waals surface area contributed by atoms with Crippen LogP contribution in [-0.4, -0.2) is 34.9 Å². The second kappa shape index (κ2) is 13.8. The van der Waals surface area contributed by atoms with E-state index in [1.165, 1.54) is 32.1 Å². The number of halogens is 3. The number of aryl methyl sites for hydroxylation is 1. The number of hydrogen-bond acceptors (Lipinski definition) is 4. The summed E-state index contributed by atoms with van der Waals surface area (Å²) in [5.74, 6) is -0.362. The zero-order valence-corrected chi connectivity index (χ0v) is 31.4. The third-order valence-electron chi connectivity index (χ3n) is 8.99. The maximum absolute atomic E-state index is 14.0. The maximum atomic E-state index is 14.0. The van der Waals surface area contributed by atoms with Gasteiger partial charge in [0, 0.05) is 31.4 Å². The molecule has 1 unspecified atom stereocenters. The predicted molar refractivity (Wildman–Crippen MR) is 200 cm³/mol. The van der Waals surface area contributed by atoms with E-state index < -0.39 is 14.4 Å². The normalized spacial score (nSPS) is 14.9. The maximum Gasteiger partial charge on any atom is 0.279 e. The summed E-state index contributed by atoms with van der Waals surface area (Å²) < 4.78 is 11.1. The van der Waals surface area contributed by atoms with Crippen molar-refractivity contribution in [2.24, 2.45) is 7.05 Å². The smallest absolute Gasteiger partial charge is 0.279 e. The SMILES string of the molecule is Cn1cc(Cl)cc(N2C(=O)c3nc(Br)n(CCCCO[Si](c4ccccc4)(c4ccccc4)C(C)(C)C)c3C2c2ccc(Cl)cc2)c1=O. The molecule has 0 fully saturated rings. The molecule has 0 saturated heterocycles. The molecule has 48 heavy (non-hydrogen) atoms. The Kier molecular flexibility index (Phi) is 9.89. The predicted octanol–water partition coefficient (Wildman–Crippen LogP) is 7.76. The first kappa shape index (κ1) is 34.4. The summed E-state index contributed by atoms with van der Waals surface area (Å²) >= 11 is 16.3. The molecule has 248 valence electrons. The minimum Gasteiger partial charge on any atom is -0.407 e. The highest BCUT2D eigenvalue weighted by Gasteiger charge is 2.50. The van der Waals surface area contributed by atoms with Crippen molar-refractivity contribution < 1.29 is 9.22 Å². The zero-order chi connectivity index (χ0) is 34.2. The summed E-state index contributed by atoms with van der Waals surface area (Å²) in [6.07, 6.45) is 3.10. The zero-order valence-electron chi connectivity index (χ0n) is 27.3. The second-order valence-corrected chi connectivity index (χ2v) is 19.0. The number of carbonyl (C=O) groups is 1. The molecule has 5 aromatic rings. The quantitative estimate of drug-likeness (QED) is 0.108. The molecule has 7 nitrogen and oxygen atoms in total. The molecule has 1 aliphatic rings. The van der Waals surface area contributed by atoms with Gasteiger partial charge in [-0.2, -0.15) is 0 Å². The van der Waals surface area contributed by atoms with Crippen LogP contribution in [0.3, 0.4) is 0 Å². The van der Waals surface area contributed by atoms with Crippen LogP contribution in [0.25, 0.3) is 0 Å². The lowest BCUT2D eigenvalue weighted by atomic mass is 10.0. The fourth-order valence-corrected chi connectivity index (χ4v) is 12.4. The van der Waals surface area contributed by atoms with E-state index in [4.69, 9.17) is 27.6 Å². The van der Waals surface area contributed by atoms with E-state index >= 15 is 0 Å². The van der Waals surface area contributed by atoms with Crippen molar-refractivity contribution in [2.75, 3.05) is 11.5 Å². The lowest BCUT2D eigenvalue weighted by molar-refractivity contribution is 0.0989. The number of unbranched alkanes of at least 4 members (excludes halogenated alkanes) is 1. The molecule has 1 atom stereocenters. The van der Waals surface area contributed by atoms with Crippen LogP contribution in [0, 0.1) is 0 Å². The molecule has 0 N–H and O–H groups in total. The number of nitrogens with zero attached hydrogens (tertiary/aromatic N) is 4. The van der Waals surface area contributed by atoms with Crippen molar-refractivity contribution in [3.05, 3.63) is 139 Å². The molecule has 3 aromatic carbocycles. The third-order valence-corrected chi connectivity index (χ3v) is 15.1. The van der Waals surface area contributed by atoms with Gasteiger partial charge in [0.1, 0.15) is 11.7 Å². The van der Waals surface area contributed by atoms with E-state index in [2.05, 4.69) is 90.2 Å². The van der Waals surface area contributed by atoms with Gasteiger partial charge in [-0.3, -0.25) is 14.5 Å². The second-order valence-electron chi connectivity index (χ2n) is 13.1. The lowest BCUT2D eigenvalue weighted by Gasteiger charge is -2.43. The number of pyridine rings is 1. The highest BCUT2D eigenvalue weighted by Crippen LogP contribution is 2.43. The van der Waals surface area contributed by atoms with Gasteiger partial charge in [0.2, 0.25) is 0 Å². The van der Waals surface area contributed by atoms with Crippen molar-refractivity contribution in [2.45, 2.75) is 51.2 Å². The van der Waals surface area contributed by atoms with Gasteiger partial charge in [0.15, 0.2) is 10.4 Å². The largest absolute Gasteiger partial charge is 0.407 e. The van der Waals surface area contributed by atoms with Gasteiger partial charge >= 0.3 is 0 Å². The Balaban J connectivity index is 1.30. The summed E-state index contributed by atoms with van der Waals surface area (Å²) in [6.45, 7) is 7.99. The van der Waals surface area contributed by atoms with Crippen LogP contribution in [0.2, 0.25) is 15.1 Å². The average Bonchev–Trinajstić information content (AvgIpc) is 3.53. The van der Waals surface area contributed by atoms with E-state index in [9.17, 15) is 9.59 Å². The Labute approximate surface area is 300 Å². The van der Waals surface area contributed by atoms with E-state index in [1.54, 1.807) is 19.2 Å². The average molecular weight is 765 g/mol. The number of amides is 1. The molecule has 1 amide bonds. The Morgan fingerprint density at radius 2 is 1.48 bits per heavy atom. The molecule has 0 radical (unpaired) electrons. The molecule has 3 heterocycles. The summed E-state index contributed by atoms with van der Waals surface area (Å²) in [6, 6.07) is 29.5. The minimum atomic E-state index is -2.66. The van der Waals surface area contributed by atoms with Crippen molar-refractivity contribution in [3.63, 3.8) is 0 Å². The van der Waals surface area contributed by atoms with Gasteiger partial charge in [0.05, 0.1) is 10.7 Å². The van der Waals surface area contributed by atoms with E-state index in [0.29, 0.717) is 39.3 Å². The fourth-order valence-electron chi connectivity index (χ4n) is 6.82. The number of hydrogen-bond donors (Lipinski definition) is 0. The first-order valence-corrected chi connectivity index (χ1v) is 19.4. The molecule has 0 spiro atoms. The molecule has 11 heteroatoms. The fraction of sp³-hybridized carbons (Fsp3) is 0.270. The van der Waals surface area contributed by atoms with Gasteiger partial charge < -0.3 is 13.6 Å². The number of benzene rings is 3. The first-order chi connectivity index (χ1) is 22.9. The van der Waals surface area contributed by atoms with E-state index in [0.717, 1.165) is 18.4 Å². The Bertz CT molecular complexity index is 1950. The Hall–Kier alpha value is -3.47. The Morgan fingerprint density at radius 1 is 0.875 bits per heavy atom. The van der Waals surface area contributed by atoms with Crippen LogP contribution >= 0.6 is 39.1 Å². The van der Waals surface area contributed by atoms with Crippen LogP contribution < -0.4 is 20.8 Å². The van der Waals surface area contributed by atoms with E-state index in [1.807, 2.05) is 28.8 Å². The molecule has 0 bridgehead atoms. The van der Waals surface area contributed by atoms with Crippen LogP contribution in [0.15, 0.2) is 107 Å². The van der Waals surface area contributed by atoms with Crippen LogP contribution in [0.1, 0.15) is 61.4 Å². The molecule has 1 aliphatic heterocycles.